The SMILES string of the molecule is CC(CC(=O)O)c1cc(O)cc(Br)c1. The fourth-order valence-electron chi connectivity index (χ4n) is 1.26. The molecule has 0 aromatic heterocycles. The number of hydrogen-bond acceptors (Lipinski definition) is 2. The van der Waals surface area contributed by atoms with Gasteiger partial charge < -0.3 is 10.2 Å². The van der Waals surface area contributed by atoms with Crippen LogP contribution in [0.3, 0.4) is 0 Å². The van der Waals surface area contributed by atoms with Crippen LogP contribution in [0.15, 0.2) is 22.7 Å². The van der Waals surface area contributed by atoms with Gasteiger partial charge >= 0.3 is 5.97 Å². The highest BCUT2D eigenvalue weighted by Crippen LogP contribution is 2.27. The summed E-state index contributed by atoms with van der Waals surface area (Å²) in [4.78, 5) is 10.5. The summed E-state index contributed by atoms with van der Waals surface area (Å²) >= 11 is 3.24. The Hall–Kier alpha value is -1.03. The van der Waals surface area contributed by atoms with E-state index in [1.807, 2.05) is 13.0 Å². The van der Waals surface area contributed by atoms with Crippen LogP contribution in [0.4, 0.5) is 0 Å². The predicted octanol–water partition coefficient (Wildman–Crippen LogP) is 2.73. The van der Waals surface area contributed by atoms with Gasteiger partial charge in [0.25, 0.3) is 0 Å². The van der Waals surface area contributed by atoms with Gasteiger partial charge in [0.1, 0.15) is 5.75 Å². The summed E-state index contributed by atoms with van der Waals surface area (Å²) in [6, 6.07) is 4.96. The minimum atomic E-state index is -0.836. The quantitative estimate of drug-likeness (QED) is 0.877. The van der Waals surface area contributed by atoms with E-state index >= 15 is 0 Å². The topological polar surface area (TPSA) is 57.5 Å². The van der Waals surface area contributed by atoms with Crippen LogP contribution >= 0.6 is 15.9 Å². The lowest BCUT2D eigenvalue weighted by Gasteiger charge is -2.09. The Balaban J connectivity index is 2.89. The van der Waals surface area contributed by atoms with Crippen LogP contribution in [0.25, 0.3) is 0 Å². The maximum atomic E-state index is 10.5. The van der Waals surface area contributed by atoms with Crippen molar-refractivity contribution in [2.45, 2.75) is 19.3 Å². The number of aromatic hydroxyl groups is 1. The second kappa shape index (κ2) is 4.46. The maximum Gasteiger partial charge on any atom is 0.303 e. The van der Waals surface area contributed by atoms with Crippen molar-refractivity contribution in [1.82, 2.24) is 0 Å². The van der Waals surface area contributed by atoms with Crippen LogP contribution < -0.4 is 0 Å². The van der Waals surface area contributed by atoms with E-state index in [1.54, 1.807) is 12.1 Å². The molecule has 0 radical (unpaired) electrons. The number of rotatable bonds is 3. The van der Waals surface area contributed by atoms with Gasteiger partial charge in [0.15, 0.2) is 0 Å². The Bertz CT molecular complexity index is 329. The second-order valence-electron chi connectivity index (χ2n) is 3.24. The number of hydrogen-bond donors (Lipinski definition) is 2. The number of halogens is 1. The van der Waals surface area contributed by atoms with Crippen molar-refractivity contribution < 1.29 is 15.0 Å². The van der Waals surface area contributed by atoms with Gasteiger partial charge in [-0.25, -0.2) is 0 Å². The van der Waals surface area contributed by atoms with Gasteiger partial charge in [-0.15, -0.1) is 0 Å². The van der Waals surface area contributed by atoms with Crippen LogP contribution in [-0.2, 0) is 4.79 Å². The number of aliphatic carboxylic acids is 1. The number of phenolic OH excluding ortho intramolecular Hbond substituents is 1. The molecule has 0 bridgehead atoms. The molecule has 1 aromatic carbocycles. The highest BCUT2D eigenvalue weighted by Gasteiger charge is 2.11. The van der Waals surface area contributed by atoms with Gasteiger partial charge in [0.2, 0.25) is 0 Å². The Morgan fingerprint density at radius 3 is 2.64 bits per heavy atom. The molecule has 0 aliphatic heterocycles. The number of carboxylic acid groups (broad SMARTS) is 1. The molecule has 1 aromatic rings. The van der Waals surface area contributed by atoms with Gasteiger partial charge in [0.05, 0.1) is 6.42 Å². The van der Waals surface area contributed by atoms with E-state index in [1.165, 1.54) is 0 Å². The molecular formula is C10H11BrO3. The monoisotopic (exact) mass is 258 g/mol. The molecule has 0 fully saturated rings. The highest BCUT2D eigenvalue weighted by atomic mass is 79.9. The first-order valence-corrected chi connectivity index (χ1v) is 4.99. The molecule has 0 saturated carbocycles. The van der Waals surface area contributed by atoms with Crippen molar-refractivity contribution in [3.8, 4) is 5.75 Å². The van der Waals surface area contributed by atoms with Crippen LogP contribution in [0.2, 0.25) is 0 Å². The lowest BCUT2D eigenvalue weighted by atomic mass is 9.98. The summed E-state index contributed by atoms with van der Waals surface area (Å²) in [5, 5.41) is 17.9. The summed E-state index contributed by atoms with van der Waals surface area (Å²) < 4.78 is 0.754. The first-order chi connectivity index (χ1) is 6.49. The van der Waals surface area contributed by atoms with E-state index in [2.05, 4.69) is 15.9 Å². The minimum absolute atomic E-state index is 0.0654. The molecule has 0 heterocycles. The van der Waals surface area contributed by atoms with Crippen LogP contribution in [0, 0.1) is 0 Å². The fraction of sp³-hybridized carbons (Fsp3) is 0.300. The second-order valence-corrected chi connectivity index (χ2v) is 4.16. The van der Waals surface area contributed by atoms with Crippen molar-refractivity contribution in [2.24, 2.45) is 0 Å². The van der Waals surface area contributed by atoms with Crippen molar-refractivity contribution in [2.75, 3.05) is 0 Å². The van der Waals surface area contributed by atoms with Gasteiger partial charge in [-0.2, -0.15) is 0 Å². The third-order valence-electron chi connectivity index (χ3n) is 1.95. The van der Waals surface area contributed by atoms with Gasteiger partial charge in [-0.3, -0.25) is 4.79 Å². The number of carbonyl (C=O) groups is 1. The van der Waals surface area contributed by atoms with E-state index < -0.39 is 5.97 Å². The molecule has 0 saturated heterocycles. The lowest BCUT2D eigenvalue weighted by Crippen LogP contribution is -2.02. The molecule has 76 valence electrons. The molecule has 2 N–H and O–H groups in total. The van der Waals surface area contributed by atoms with Gasteiger partial charge in [-0.1, -0.05) is 22.9 Å². The van der Waals surface area contributed by atoms with Gasteiger partial charge in [-0.05, 0) is 29.7 Å². The summed E-state index contributed by atoms with van der Waals surface area (Å²) in [6.45, 7) is 1.81. The lowest BCUT2D eigenvalue weighted by molar-refractivity contribution is -0.137. The molecule has 0 amide bonds. The number of benzene rings is 1. The summed E-state index contributed by atoms with van der Waals surface area (Å²) in [7, 11) is 0. The van der Waals surface area contributed by atoms with E-state index in [9.17, 15) is 9.90 Å². The zero-order valence-electron chi connectivity index (χ0n) is 7.70. The highest BCUT2D eigenvalue weighted by molar-refractivity contribution is 9.10. The van der Waals surface area contributed by atoms with E-state index in [4.69, 9.17) is 5.11 Å². The average molecular weight is 259 g/mol. The third kappa shape index (κ3) is 3.03. The van der Waals surface area contributed by atoms with E-state index in [-0.39, 0.29) is 18.1 Å². The third-order valence-corrected chi connectivity index (χ3v) is 2.41. The molecule has 1 unspecified atom stereocenters. The number of phenols is 1. The van der Waals surface area contributed by atoms with Crippen LogP contribution in [-0.4, -0.2) is 16.2 Å². The molecule has 0 spiro atoms. The normalized spacial score (nSPS) is 12.4. The minimum Gasteiger partial charge on any atom is -0.508 e. The number of carboxylic acids is 1. The van der Waals surface area contributed by atoms with Crippen molar-refractivity contribution in [3.63, 3.8) is 0 Å². The van der Waals surface area contributed by atoms with E-state index in [0.29, 0.717) is 0 Å². The Kier molecular flexibility index (Phi) is 3.52. The molecule has 14 heavy (non-hydrogen) atoms. The molecule has 0 aliphatic rings. The zero-order valence-corrected chi connectivity index (χ0v) is 9.28. The molecular weight excluding hydrogens is 248 g/mol. The molecule has 1 atom stereocenters. The first kappa shape index (κ1) is 11.0. The zero-order chi connectivity index (χ0) is 10.7. The molecule has 0 aliphatic carbocycles. The smallest absolute Gasteiger partial charge is 0.303 e. The molecule has 3 nitrogen and oxygen atoms in total. The summed E-state index contributed by atoms with van der Waals surface area (Å²) in [6.07, 6.45) is 0.0654. The Labute approximate surface area is 90.5 Å². The van der Waals surface area contributed by atoms with E-state index in [0.717, 1.165) is 10.0 Å². The maximum absolute atomic E-state index is 10.5. The summed E-state index contributed by atoms with van der Waals surface area (Å²) in [5.41, 5.74) is 0.819. The van der Waals surface area contributed by atoms with Crippen LogP contribution in [0.1, 0.15) is 24.8 Å². The van der Waals surface area contributed by atoms with Crippen molar-refractivity contribution in [3.05, 3.63) is 28.2 Å². The Morgan fingerprint density at radius 1 is 1.50 bits per heavy atom. The standard InChI is InChI=1S/C10H11BrO3/c1-6(2-10(13)14)7-3-8(11)5-9(12)4-7/h3-6,12H,2H2,1H3,(H,13,14). The van der Waals surface area contributed by atoms with Crippen molar-refractivity contribution >= 4 is 21.9 Å². The van der Waals surface area contributed by atoms with Gasteiger partial charge in [0, 0.05) is 4.47 Å². The fourth-order valence-corrected chi connectivity index (χ4v) is 1.76. The average Bonchev–Trinajstić information content (AvgIpc) is 2.00. The first-order valence-electron chi connectivity index (χ1n) is 4.20. The van der Waals surface area contributed by atoms with Crippen molar-refractivity contribution in [1.29, 1.82) is 0 Å². The molecule has 1 rings (SSSR count). The largest absolute Gasteiger partial charge is 0.508 e. The summed E-state index contributed by atoms with van der Waals surface area (Å²) in [5.74, 6) is -0.792. The molecule has 4 heteroatoms. The Morgan fingerprint density at radius 2 is 2.14 bits per heavy atom. The van der Waals surface area contributed by atoms with Crippen LogP contribution in [0.5, 0.6) is 5.75 Å². The predicted molar refractivity (Wildman–Crippen MR) is 56.5 cm³/mol.